The molecule has 1 aliphatic rings. The van der Waals surface area contributed by atoms with Gasteiger partial charge in [-0.25, -0.2) is 0 Å². The molecule has 1 aromatic heterocycles. The molecule has 0 aliphatic carbocycles. The average Bonchev–Trinajstić information content (AvgIpc) is 3.32. The van der Waals surface area contributed by atoms with Crippen molar-refractivity contribution in [1.82, 2.24) is 0 Å². The number of carbonyl (C=O) groups is 1. The van der Waals surface area contributed by atoms with Crippen molar-refractivity contribution in [3.8, 4) is 0 Å². The van der Waals surface area contributed by atoms with E-state index in [1.807, 2.05) is 53.4 Å². The molecule has 0 unspecified atom stereocenters. The van der Waals surface area contributed by atoms with Gasteiger partial charge in [0.15, 0.2) is 18.3 Å². The Hall–Kier alpha value is -2.85. The lowest BCUT2D eigenvalue weighted by molar-refractivity contribution is -0.678. The number of furan rings is 1. The normalized spacial score (nSPS) is 14.3. The van der Waals surface area contributed by atoms with E-state index in [4.69, 9.17) is 4.42 Å². The Balaban J connectivity index is 1.50. The van der Waals surface area contributed by atoms with Gasteiger partial charge in [-0.05, 0) is 30.2 Å². The average molecular weight is 333 g/mol. The van der Waals surface area contributed by atoms with Crippen molar-refractivity contribution in [2.75, 3.05) is 18.0 Å². The van der Waals surface area contributed by atoms with Gasteiger partial charge in [-0.3, -0.25) is 4.79 Å². The van der Waals surface area contributed by atoms with Crippen LogP contribution in [-0.2, 0) is 11.2 Å². The van der Waals surface area contributed by atoms with Gasteiger partial charge in [0.2, 0.25) is 0 Å². The zero-order chi connectivity index (χ0) is 17.1. The first-order chi connectivity index (χ1) is 12.3. The predicted molar refractivity (Wildman–Crippen MR) is 96.3 cm³/mol. The molecule has 0 spiro atoms. The summed E-state index contributed by atoms with van der Waals surface area (Å²) in [5.74, 6) is 0.998. The van der Waals surface area contributed by atoms with Crippen LogP contribution < -0.4 is 10.2 Å². The second kappa shape index (κ2) is 6.95. The number of amides is 1. The van der Waals surface area contributed by atoms with Gasteiger partial charge in [0.05, 0.1) is 6.26 Å². The summed E-state index contributed by atoms with van der Waals surface area (Å²) >= 11 is 0. The summed E-state index contributed by atoms with van der Waals surface area (Å²) in [6.45, 7) is 1.15. The van der Waals surface area contributed by atoms with Gasteiger partial charge in [0, 0.05) is 17.8 Å². The van der Waals surface area contributed by atoms with Crippen molar-refractivity contribution in [2.45, 2.75) is 12.5 Å². The fourth-order valence-electron chi connectivity index (χ4n) is 3.47. The molecule has 3 aromatic rings. The minimum Gasteiger partial charge on any atom is -0.463 e. The first-order valence-corrected chi connectivity index (χ1v) is 8.63. The molecule has 2 aromatic carbocycles. The molecule has 126 valence electrons. The van der Waals surface area contributed by atoms with Crippen LogP contribution in [0.4, 0.5) is 5.69 Å². The smallest absolute Gasteiger partial charge is 0.282 e. The number of nitrogens with two attached hydrogens (primary N) is 1. The van der Waals surface area contributed by atoms with Gasteiger partial charge in [0.25, 0.3) is 5.91 Å². The zero-order valence-corrected chi connectivity index (χ0v) is 14.0. The van der Waals surface area contributed by atoms with E-state index in [0.29, 0.717) is 6.54 Å². The Morgan fingerprint density at radius 3 is 2.64 bits per heavy atom. The molecule has 4 nitrogen and oxygen atoms in total. The molecular formula is C21H21N2O2+. The fraction of sp³-hybridized carbons (Fsp3) is 0.190. The highest BCUT2D eigenvalue weighted by Crippen LogP contribution is 2.27. The SMILES string of the molecule is O=C(C[NH2+][C@@H](c1ccccc1)c1ccco1)N1CCc2ccccc21. The van der Waals surface area contributed by atoms with Crippen LogP contribution in [0, 0.1) is 0 Å². The quantitative estimate of drug-likeness (QED) is 0.780. The summed E-state index contributed by atoms with van der Waals surface area (Å²) in [4.78, 5) is 14.7. The van der Waals surface area contributed by atoms with E-state index in [1.165, 1.54) is 5.56 Å². The van der Waals surface area contributed by atoms with Crippen molar-refractivity contribution in [1.29, 1.82) is 0 Å². The highest BCUT2D eigenvalue weighted by Gasteiger charge is 2.27. The van der Waals surface area contributed by atoms with E-state index in [2.05, 4.69) is 23.5 Å². The third-order valence-electron chi connectivity index (χ3n) is 4.72. The number of para-hydroxylation sites is 1. The van der Waals surface area contributed by atoms with Gasteiger partial charge < -0.3 is 14.6 Å². The van der Waals surface area contributed by atoms with Crippen molar-refractivity contribution >= 4 is 11.6 Å². The van der Waals surface area contributed by atoms with Crippen molar-refractivity contribution < 1.29 is 14.5 Å². The van der Waals surface area contributed by atoms with Crippen LogP contribution in [0.1, 0.15) is 22.9 Å². The number of quaternary nitrogens is 1. The van der Waals surface area contributed by atoms with Crippen LogP contribution in [-0.4, -0.2) is 19.0 Å². The first kappa shape index (κ1) is 15.7. The molecule has 0 saturated carbocycles. The zero-order valence-electron chi connectivity index (χ0n) is 14.0. The van der Waals surface area contributed by atoms with E-state index in [9.17, 15) is 4.79 Å². The first-order valence-electron chi connectivity index (χ1n) is 8.63. The van der Waals surface area contributed by atoms with E-state index < -0.39 is 0 Å². The summed E-state index contributed by atoms with van der Waals surface area (Å²) in [6.07, 6.45) is 2.61. The van der Waals surface area contributed by atoms with E-state index >= 15 is 0 Å². The lowest BCUT2D eigenvalue weighted by atomic mass is 10.0. The predicted octanol–water partition coefficient (Wildman–Crippen LogP) is 2.52. The standard InChI is InChI=1S/C21H20N2O2/c24-20(23-13-12-16-7-4-5-10-18(16)23)15-22-21(19-11-6-14-25-19)17-8-2-1-3-9-17/h1-11,14,21-22H,12-13,15H2/p+1/t21-/m0/s1. The Morgan fingerprint density at radius 1 is 1.04 bits per heavy atom. The monoisotopic (exact) mass is 333 g/mol. The molecule has 4 rings (SSSR count). The molecule has 25 heavy (non-hydrogen) atoms. The number of nitrogens with zero attached hydrogens (tertiary/aromatic N) is 1. The summed E-state index contributed by atoms with van der Waals surface area (Å²) in [5, 5.41) is 2.05. The van der Waals surface area contributed by atoms with E-state index in [-0.39, 0.29) is 11.9 Å². The summed E-state index contributed by atoms with van der Waals surface area (Å²) in [7, 11) is 0. The molecule has 0 bridgehead atoms. The maximum absolute atomic E-state index is 12.8. The fourth-order valence-corrected chi connectivity index (χ4v) is 3.47. The highest BCUT2D eigenvalue weighted by atomic mass is 16.3. The Labute approximate surface area is 147 Å². The van der Waals surface area contributed by atoms with Gasteiger partial charge >= 0.3 is 0 Å². The number of rotatable bonds is 5. The number of fused-ring (bicyclic) bond motifs is 1. The molecule has 1 atom stereocenters. The van der Waals surface area contributed by atoms with Crippen LogP contribution in [0.25, 0.3) is 0 Å². The second-order valence-electron chi connectivity index (χ2n) is 6.27. The lowest BCUT2D eigenvalue weighted by Gasteiger charge is -2.19. The minimum absolute atomic E-state index is 0.0157. The molecule has 1 amide bonds. The largest absolute Gasteiger partial charge is 0.463 e. The molecule has 0 saturated heterocycles. The van der Waals surface area contributed by atoms with E-state index in [1.54, 1.807) is 6.26 Å². The Kier molecular flexibility index (Phi) is 4.36. The van der Waals surface area contributed by atoms with Crippen LogP contribution in [0.5, 0.6) is 0 Å². The third kappa shape index (κ3) is 3.21. The van der Waals surface area contributed by atoms with Crippen molar-refractivity contribution in [2.24, 2.45) is 0 Å². The van der Waals surface area contributed by atoms with Crippen molar-refractivity contribution in [3.63, 3.8) is 0 Å². The number of hydrogen-bond donors (Lipinski definition) is 1. The minimum atomic E-state index is -0.0157. The highest BCUT2D eigenvalue weighted by molar-refractivity contribution is 5.96. The topological polar surface area (TPSA) is 50.1 Å². The van der Waals surface area contributed by atoms with Crippen LogP contribution in [0.3, 0.4) is 0 Å². The maximum atomic E-state index is 12.8. The van der Waals surface area contributed by atoms with Crippen molar-refractivity contribution in [3.05, 3.63) is 89.9 Å². The summed E-state index contributed by atoms with van der Waals surface area (Å²) in [6, 6.07) is 22.1. The Bertz CT molecular complexity index is 843. The van der Waals surface area contributed by atoms with Crippen LogP contribution in [0.15, 0.2) is 77.4 Å². The number of carbonyl (C=O) groups excluding carboxylic acids is 1. The molecule has 0 radical (unpaired) electrons. The molecule has 0 fully saturated rings. The molecule has 4 heteroatoms. The molecule has 2 heterocycles. The summed E-state index contributed by atoms with van der Waals surface area (Å²) in [5.41, 5.74) is 3.43. The third-order valence-corrected chi connectivity index (χ3v) is 4.72. The van der Waals surface area contributed by atoms with Crippen LogP contribution >= 0.6 is 0 Å². The number of anilines is 1. The molecule has 1 aliphatic heterocycles. The van der Waals surface area contributed by atoms with Gasteiger partial charge in [-0.2, -0.15) is 0 Å². The van der Waals surface area contributed by atoms with Crippen LogP contribution in [0.2, 0.25) is 0 Å². The van der Waals surface area contributed by atoms with Gasteiger partial charge in [-0.15, -0.1) is 0 Å². The maximum Gasteiger partial charge on any atom is 0.282 e. The van der Waals surface area contributed by atoms with E-state index in [0.717, 1.165) is 30.0 Å². The molecular weight excluding hydrogens is 312 g/mol. The van der Waals surface area contributed by atoms with Gasteiger partial charge in [-0.1, -0.05) is 48.5 Å². The Morgan fingerprint density at radius 2 is 1.84 bits per heavy atom. The lowest BCUT2D eigenvalue weighted by Crippen LogP contribution is -2.87. The second-order valence-corrected chi connectivity index (χ2v) is 6.27. The van der Waals surface area contributed by atoms with Gasteiger partial charge in [0.1, 0.15) is 0 Å². The number of hydrogen-bond acceptors (Lipinski definition) is 2. The molecule has 2 N–H and O–H groups in total. The summed E-state index contributed by atoms with van der Waals surface area (Å²) < 4.78 is 5.61. The number of benzene rings is 2.